The second-order valence-electron chi connectivity index (χ2n) is 16.2. The van der Waals surface area contributed by atoms with Crippen LogP contribution in [0.5, 0.6) is 0 Å². The monoisotopic (exact) mass is 732 g/mol. The van der Waals surface area contributed by atoms with Crippen LogP contribution in [0.15, 0.2) is 36.4 Å². The lowest BCUT2D eigenvalue weighted by Gasteiger charge is -2.35. The average Bonchev–Trinajstić information content (AvgIpc) is 3.83. The van der Waals surface area contributed by atoms with Gasteiger partial charge in [0.05, 0.1) is 13.2 Å². The van der Waals surface area contributed by atoms with E-state index in [1.165, 1.54) is 9.80 Å². The van der Waals surface area contributed by atoms with Crippen molar-refractivity contribution in [1.82, 2.24) is 9.80 Å². The number of hydrogen-bond acceptors (Lipinski definition) is 11. The molecule has 1 aliphatic carbocycles. The minimum atomic E-state index is -0.810. The fourth-order valence-electron chi connectivity index (χ4n) is 7.61. The third kappa shape index (κ3) is 8.56. The van der Waals surface area contributed by atoms with E-state index in [-0.39, 0.29) is 31.0 Å². The Bertz CT molecular complexity index is 1810. The van der Waals surface area contributed by atoms with Gasteiger partial charge in [0.25, 0.3) is 0 Å². The number of amides is 2. The van der Waals surface area contributed by atoms with Gasteiger partial charge in [-0.1, -0.05) is 24.3 Å². The Labute approximate surface area is 309 Å². The molecular weight excluding hydrogens is 684 g/mol. The number of nitrogens with zero attached hydrogens (tertiary/aromatic N) is 2. The SMILES string of the molecule is CC(C)(C)OC(=O)N1CCC[C@H]1C(=O)OCC(=O)c1ccc2c(c1)COCc1cc(C(=O)COC(=O)[C@@H]3[C@H]4CC[C@H](C4)N3C(=O)OC(C)(C)C)ccc1-2. The molecule has 2 amide bonds. The summed E-state index contributed by atoms with van der Waals surface area (Å²) in [6, 6.07) is 8.67. The Morgan fingerprint density at radius 2 is 1.26 bits per heavy atom. The second kappa shape index (κ2) is 14.9. The summed E-state index contributed by atoms with van der Waals surface area (Å²) in [5.74, 6) is -2.08. The molecule has 2 aromatic rings. The highest BCUT2D eigenvalue weighted by molar-refractivity contribution is 6.00. The van der Waals surface area contributed by atoms with Gasteiger partial charge in [0.2, 0.25) is 0 Å². The number of carbonyl (C=O) groups excluding carboxylic acids is 6. The van der Waals surface area contributed by atoms with Crippen molar-refractivity contribution in [2.75, 3.05) is 19.8 Å². The third-order valence-corrected chi connectivity index (χ3v) is 9.93. The Morgan fingerprint density at radius 1 is 0.717 bits per heavy atom. The zero-order chi connectivity index (χ0) is 38.2. The van der Waals surface area contributed by atoms with E-state index in [0.717, 1.165) is 35.1 Å². The van der Waals surface area contributed by atoms with Crippen LogP contribution >= 0.6 is 0 Å². The Morgan fingerprint density at radius 3 is 1.83 bits per heavy atom. The molecule has 3 fully saturated rings. The minimum Gasteiger partial charge on any atom is -0.456 e. The number of Topliss-reactive ketones (excluding diaryl/α,β-unsaturated/α-hetero) is 2. The first-order valence-electron chi connectivity index (χ1n) is 18.2. The molecule has 2 saturated heterocycles. The van der Waals surface area contributed by atoms with Crippen LogP contribution in [0, 0.1) is 5.92 Å². The molecule has 0 N–H and O–H groups in total. The average molecular weight is 733 g/mol. The number of likely N-dealkylation sites (tertiary alicyclic amines) is 2. The summed E-state index contributed by atoms with van der Waals surface area (Å²) in [5.41, 5.74) is 2.43. The topological polar surface area (TPSA) is 155 Å². The van der Waals surface area contributed by atoms with Crippen LogP contribution in [0.1, 0.15) is 105 Å². The Balaban J connectivity index is 1.06. The molecule has 53 heavy (non-hydrogen) atoms. The summed E-state index contributed by atoms with van der Waals surface area (Å²) in [6.07, 6.45) is 2.24. The molecule has 3 aliphatic heterocycles. The predicted octanol–water partition coefficient (Wildman–Crippen LogP) is 6.02. The van der Waals surface area contributed by atoms with Gasteiger partial charge in [0.15, 0.2) is 24.8 Å². The smallest absolute Gasteiger partial charge is 0.411 e. The number of hydrogen-bond donors (Lipinski definition) is 0. The molecule has 13 heteroatoms. The fraction of sp³-hybridized carbons (Fsp3) is 0.550. The van der Waals surface area contributed by atoms with Gasteiger partial charge in [0, 0.05) is 23.7 Å². The lowest BCUT2D eigenvalue weighted by Crippen LogP contribution is -2.51. The van der Waals surface area contributed by atoms with Gasteiger partial charge >= 0.3 is 24.1 Å². The molecule has 4 aliphatic rings. The maximum Gasteiger partial charge on any atom is 0.411 e. The first kappa shape index (κ1) is 38.0. The number of fused-ring (bicyclic) bond motifs is 5. The van der Waals surface area contributed by atoms with Crippen molar-refractivity contribution in [3.63, 3.8) is 0 Å². The van der Waals surface area contributed by atoms with Gasteiger partial charge in [0.1, 0.15) is 23.3 Å². The summed E-state index contributed by atoms with van der Waals surface area (Å²) in [5, 5.41) is 0. The second-order valence-corrected chi connectivity index (χ2v) is 16.2. The summed E-state index contributed by atoms with van der Waals surface area (Å²) in [4.78, 5) is 80.9. The van der Waals surface area contributed by atoms with Crippen molar-refractivity contribution in [3.05, 3.63) is 58.7 Å². The van der Waals surface area contributed by atoms with E-state index >= 15 is 0 Å². The van der Waals surface area contributed by atoms with E-state index in [0.29, 0.717) is 36.9 Å². The van der Waals surface area contributed by atoms with Crippen LogP contribution in [-0.4, -0.2) is 94.6 Å². The Kier molecular flexibility index (Phi) is 10.7. The van der Waals surface area contributed by atoms with Crippen LogP contribution < -0.4 is 0 Å². The molecule has 4 atom stereocenters. The summed E-state index contributed by atoms with van der Waals surface area (Å²) < 4.78 is 27.8. The van der Waals surface area contributed by atoms with Crippen LogP contribution in [0.3, 0.4) is 0 Å². The minimum absolute atomic E-state index is 0.0284. The van der Waals surface area contributed by atoms with E-state index in [1.807, 2.05) is 0 Å². The largest absolute Gasteiger partial charge is 0.456 e. The molecule has 0 radical (unpaired) electrons. The molecular formula is C40H48N2O11. The number of rotatable bonds is 8. The number of ketones is 2. The molecule has 13 nitrogen and oxygen atoms in total. The summed E-state index contributed by atoms with van der Waals surface area (Å²) in [6.45, 7) is 10.4. The molecule has 0 unspecified atom stereocenters. The number of ether oxygens (including phenoxy) is 5. The fourth-order valence-corrected chi connectivity index (χ4v) is 7.61. The molecule has 3 heterocycles. The van der Waals surface area contributed by atoms with E-state index in [4.69, 9.17) is 23.7 Å². The zero-order valence-corrected chi connectivity index (χ0v) is 31.2. The van der Waals surface area contributed by atoms with E-state index in [2.05, 4.69) is 0 Å². The number of carbonyl (C=O) groups is 6. The van der Waals surface area contributed by atoms with Crippen LogP contribution in [0.2, 0.25) is 0 Å². The maximum atomic E-state index is 13.2. The molecule has 1 saturated carbocycles. The van der Waals surface area contributed by atoms with E-state index in [1.54, 1.807) is 77.9 Å². The third-order valence-electron chi connectivity index (χ3n) is 9.93. The van der Waals surface area contributed by atoms with E-state index < -0.39 is 66.4 Å². The lowest BCUT2D eigenvalue weighted by molar-refractivity contribution is -0.150. The van der Waals surface area contributed by atoms with Gasteiger partial charge in [-0.3, -0.25) is 19.4 Å². The van der Waals surface area contributed by atoms with Crippen molar-refractivity contribution in [3.8, 4) is 11.1 Å². The molecule has 284 valence electrons. The summed E-state index contributed by atoms with van der Waals surface area (Å²) >= 11 is 0. The number of piperidine rings is 1. The van der Waals surface area contributed by atoms with Crippen molar-refractivity contribution in [1.29, 1.82) is 0 Å². The van der Waals surface area contributed by atoms with Crippen LogP contribution in [-0.2, 0) is 46.5 Å². The number of esters is 2. The first-order valence-corrected chi connectivity index (χ1v) is 18.2. The highest BCUT2D eigenvalue weighted by Gasteiger charge is 2.53. The summed E-state index contributed by atoms with van der Waals surface area (Å²) in [7, 11) is 0. The highest BCUT2D eigenvalue weighted by Crippen LogP contribution is 2.43. The van der Waals surface area contributed by atoms with Gasteiger partial charge in [-0.25, -0.2) is 19.2 Å². The van der Waals surface area contributed by atoms with E-state index in [9.17, 15) is 28.8 Å². The normalized spacial score (nSPS) is 22.0. The molecule has 6 rings (SSSR count). The zero-order valence-electron chi connectivity index (χ0n) is 31.2. The quantitative estimate of drug-likeness (QED) is 0.178. The molecule has 2 aromatic carbocycles. The molecule has 0 spiro atoms. The Hall–Kier alpha value is -4.78. The van der Waals surface area contributed by atoms with Crippen LogP contribution in [0.4, 0.5) is 9.59 Å². The first-order chi connectivity index (χ1) is 25.0. The van der Waals surface area contributed by atoms with Gasteiger partial charge in [-0.15, -0.1) is 0 Å². The van der Waals surface area contributed by atoms with Gasteiger partial charge in [-0.05, 0) is 114 Å². The highest BCUT2D eigenvalue weighted by atomic mass is 16.6. The number of benzene rings is 2. The van der Waals surface area contributed by atoms with Crippen molar-refractivity contribution in [2.24, 2.45) is 5.92 Å². The van der Waals surface area contributed by atoms with Gasteiger partial charge < -0.3 is 23.7 Å². The van der Waals surface area contributed by atoms with Crippen molar-refractivity contribution >= 4 is 35.7 Å². The predicted molar refractivity (Wildman–Crippen MR) is 190 cm³/mol. The molecule has 2 bridgehead atoms. The van der Waals surface area contributed by atoms with Crippen molar-refractivity contribution in [2.45, 2.75) is 116 Å². The standard InChI is InChI=1S/C40H48N2O11/c1-39(2,3)52-37(47)41-15-7-8-31(41)35(45)50-21-32(43)23-10-13-29-26(16-23)19-49-20-27-17-24(11-14-30(27)29)33(44)22-51-36(46)34-25-9-12-28(18-25)42(34)38(48)53-40(4,5)6/h10-11,13-14,16-17,25,28,31,34H,7-9,12,15,18-22H2,1-6H3/t25-,28+,31-,34-/m0/s1. The van der Waals surface area contributed by atoms with Crippen LogP contribution in [0.25, 0.3) is 11.1 Å². The lowest BCUT2D eigenvalue weighted by atomic mass is 9.92. The van der Waals surface area contributed by atoms with Crippen molar-refractivity contribution < 1.29 is 52.5 Å². The molecule has 0 aromatic heterocycles. The maximum absolute atomic E-state index is 13.2. The van der Waals surface area contributed by atoms with Gasteiger partial charge in [-0.2, -0.15) is 0 Å².